The highest BCUT2D eigenvalue weighted by Gasteiger charge is 2.30. The molecule has 0 aliphatic heterocycles. The Balaban J connectivity index is 5.25. The summed E-state index contributed by atoms with van der Waals surface area (Å²) in [6.07, 6.45) is 51.3. The first kappa shape index (κ1) is 92.1. The average Bonchev–Trinajstić information content (AvgIpc) is 2.24. The molecule has 0 aromatic heterocycles. The summed E-state index contributed by atoms with van der Waals surface area (Å²) < 4.78 is 68.5. The standard InChI is InChI=1S/C75H146O17P2/c1-8-10-11-12-13-14-15-16-20-23-26-35-42-49-56-72(77)85-62-70(91-74(79)58-51-44-37-27-24-21-18-17-19-22-25-34-41-48-55-68(7)9-2)64-89-93(81,82)87-60-69(76)61-88-94(83,84)90-65-71(92-75(80)59-52-45-38-31-29-33-40-47-54-67(5)6)63-86-73(78)57-50-43-36-30-28-32-39-46-53-66(3)4/h66-71,76H,8-65H2,1-7H3,(H,81,82)(H,83,84)/t68?,69-,70-,71-/m1/s1. The zero-order chi connectivity index (χ0) is 69.4. The first-order valence-corrected chi connectivity index (χ1v) is 41.9. The fraction of sp³-hybridized carbons (Fsp3) is 0.947. The van der Waals surface area contributed by atoms with Crippen LogP contribution in [0.15, 0.2) is 0 Å². The molecule has 0 fully saturated rings. The van der Waals surface area contributed by atoms with E-state index in [1.807, 2.05) is 0 Å². The van der Waals surface area contributed by atoms with Gasteiger partial charge < -0.3 is 33.8 Å². The third-order valence-electron chi connectivity index (χ3n) is 17.7. The zero-order valence-corrected chi connectivity index (χ0v) is 63.2. The van der Waals surface area contributed by atoms with E-state index < -0.39 is 97.5 Å². The van der Waals surface area contributed by atoms with E-state index in [1.165, 1.54) is 193 Å². The van der Waals surface area contributed by atoms with Gasteiger partial charge in [-0.25, -0.2) is 9.13 Å². The Kier molecular flexibility index (Phi) is 64.3. The topological polar surface area (TPSA) is 237 Å². The lowest BCUT2D eigenvalue weighted by Crippen LogP contribution is -2.30. The average molecular weight is 1380 g/mol. The van der Waals surface area contributed by atoms with Crippen molar-refractivity contribution < 1.29 is 80.2 Å². The number of hydrogen-bond donors (Lipinski definition) is 3. The number of phosphoric acid groups is 2. The maximum atomic E-state index is 13.1. The molecule has 0 rings (SSSR count). The Morgan fingerprint density at radius 2 is 0.543 bits per heavy atom. The van der Waals surface area contributed by atoms with Crippen LogP contribution in [0.2, 0.25) is 0 Å². The summed E-state index contributed by atoms with van der Waals surface area (Å²) >= 11 is 0. The van der Waals surface area contributed by atoms with Crippen LogP contribution in [-0.4, -0.2) is 96.7 Å². The molecule has 0 saturated carbocycles. The van der Waals surface area contributed by atoms with E-state index in [0.717, 1.165) is 108 Å². The largest absolute Gasteiger partial charge is 0.472 e. The number of hydrogen-bond acceptors (Lipinski definition) is 15. The fourth-order valence-electron chi connectivity index (χ4n) is 11.4. The minimum absolute atomic E-state index is 0.104. The molecule has 0 aliphatic rings. The highest BCUT2D eigenvalue weighted by molar-refractivity contribution is 7.47. The van der Waals surface area contributed by atoms with Gasteiger partial charge in [0.05, 0.1) is 26.4 Å². The molecule has 0 bridgehead atoms. The van der Waals surface area contributed by atoms with Crippen molar-refractivity contribution in [3.63, 3.8) is 0 Å². The summed E-state index contributed by atoms with van der Waals surface area (Å²) in [7, 11) is -9.91. The summed E-state index contributed by atoms with van der Waals surface area (Å²) in [4.78, 5) is 72.8. The van der Waals surface area contributed by atoms with Crippen molar-refractivity contribution in [2.45, 2.75) is 401 Å². The van der Waals surface area contributed by atoms with Crippen LogP contribution in [0.25, 0.3) is 0 Å². The lowest BCUT2D eigenvalue weighted by Gasteiger charge is -2.21. The van der Waals surface area contributed by atoms with Crippen molar-refractivity contribution in [2.75, 3.05) is 39.6 Å². The highest BCUT2D eigenvalue weighted by atomic mass is 31.2. The number of unbranched alkanes of at least 4 members (excludes halogenated alkanes) is 40. The molecule has 0 aliphatic carbocycles. The van der Waals surface area contributed by atoms with Crippen molar-refractivity contribution >= 4 is 39.5 Å². The number of phosphoric ester groups is 2. The van der Waals surface area contributed by atoms with Crippen LogP contribution in [-0.2, 0) is 65.4 Å². The van der Waals surface area contributed by atoms with Crippen molar-refractivity contribution in [1.82, 2.24) is 0 Å². The second kappa shape index (κ2) is 65.7. The van der Waals surface area contributed by atoms with Crippen LogP contribution in [0, 0.1) is 17.8 Å². The lowest BCUT2D eigenvalue weighted by atomic mass is 9.99. The minimum Gasteiger partial charge on any atom is -0.462 e. The van der Waals surface area contributed by atoms with E-state index in [-0.39, 0.29) is 25.7 Å². The molecular weight excluding hydrogens is 1230 g/mol. The monoisotopic (exact) mass is 1380 g/mol. The fourth-order valence-corrected chi connectivity index (χ4v) is 13.0. The summed E-state index contributed by atoms with van der Waals surface area (Å²) in [6.45, 7) is 11.9. The predicted octanol–water partition coefficient (Wildman–Crippen LogP) is 21.8. The van der Waals surface area contributed by atoms with E-state index in [4.69, 9.17) is 37.0 Å². The molecule has 0 amide bonds. The van der Waals surface area contributed by atoms with Gasteiger partial charge in [0.15, 0.2) is 12.2 Å². The SMILES string of the molecule is CCCCCCCCCCCCCCCCC(=O)OC[C@H](COP(=O)(O)OC[C@@H](O)COP(=O)(O)OC[C@@H](COC(=O)CCCCCCCCCCC(C)C)OC(=O)CCCCCCCCCCC(C)C)OC(=O)CCCCCCCCCCCCCCCCC(C)CC. The number of aliphatic hydroxyl groups excluding tert-OH is 1. The molecule has 6 atom stereocenters. The van der Waals surface area contributed by atoms with Gasteiger partial charge in [-0.2, -0.15) is 0 Å². The first-order valence-electron chi connectivity index (χ1n) is 38.9. The molecule has 0 aromatic carbocycles. The van der Waals surface area contributed by atoms with Gasteiger partial charge in [0.1, 0.15) is 19.3 Å². The van der Waals surface area contributed by atoms with Crippen molar-refractivity contribution in [1.29, 1.82) is 0 Å². The smallest absolute Gasteiger partial charge is 0.462 e. The van der Waals surface area contributed by atoms with Crippen LogP contribution >= 0.6 is 15.6 Å². The molecule has 0 aromatic rings. The molecule has 17 nitrogen and oxygen atoms in total. The van der Waals surface area contributed by atoms with Gasteiger partial charge in [-0.1, -0.05) is 331 Å². The quantitative estimate of drug-likeness (QED) is 0.0222. The third kappa shape index (κ3) is 67.3. The molecule has 0 spiro atoms. The predicted molar refractivity (Wildman–Crippen MR) is 381 cm³/mol. The molecule has 0 saturated heterocycles. The maximum absolute atomic E-state index is 13.1. The molecule has 3 N–H and O–H groups in total. The Bertz CT molecular complexity index is 1840. The van der Waals surface area contributed by atoms with Gasteiger partial charge in [0.25, 0.3) is 0 Å². The van der Waals surface area contributed by atoms with Gasteiger partial charge in [0.2, 0.25) is 0 Å². The Labute approximate surface area is 575 Å². The van der Waals surface area contributed by atoms with Gasteiger partial charge in [0, 0.05) is 25.7 Å². The second-order valence-electron chi connectivity index (χ2n) is 28.2. The molecule has 0 radical (unpaired) electrons. The molecule has 0 heterocycles. The number of ether oxygens (including phenoxy) is 4. The van der Waals surface area contributed by atoms with Crippen molar-refractivity contribution in [3.05, 3.63) is 0 Å². The second-order valence-corrected chi connectivity index (χ2v) is 31.1. The van der Waals surface area contributed by atoms with E-state index in [2.05, 4.69) is 48.5 Å². The van der Waals surface area contributed by atoms with Gasteiger partial charge in [-0.3, -0.25) is 37.3 Å². The van der Waals surface area contributed by atoms with E-state index in [9.17, 15) is 43.2 Å². The summed E-state index contributed by atoms with van der Waals surface area (Å²) in [6, 6.07) is 0. The molecule has 94 heavy (non-hydrogen) atoms. The number of esters is 4. The Morgan fingerprint density at radius 1 is 0.309 bits per heavy atom. The number of rotatable bonds is 73. The van der Waals surface area contributed by atoms with E-state index in [1.54, 1.807) is 0 Å². The van der Waals surface area contributed by atoms with Crippen LogP contribution in [0.5, 0.6) is 0 Å². The zero-order valence-electron chi connectivity index (χ0n) is 61.4. The third-order valence-corrected chi connectivity index (χ3v) is 19.6. The Morgan fingerprint density at radius 3 is 0.809 bits per heavy atom. The molecular formula is C75H146O17P2. The molecule has 19 heteroatoms. The van der Waals surface area contributed by atoms with Crippen LogP contribution in [0.1, 0.15) is 382 Å². The van der Waals surface area contributed by atoms with E-state index >= 15 is 0 Å². The number of carbonyl (C=O) groups excluding carboxylic acids is 4. The van der Waals surface area contributed by atoms with Crippen molar-refractivity contribution in [3.8, 4) is 0 Å². The molecule has 558 valence electrons. The Hall–Kier alpha value is -1.94. The van der Waals surface area contributed by atoms with E-state index in [0.29, 0.717) is 25.7 Å². The summed E-state index contributed by atoms with van der Waals surface area (Å²) in [5.74, 6) is 0.170. The minimum atomic E-state index is -4.96. The summed E-state index contributed by atoms with van der Waals surface area (Å²) in [5.41, 5.74) is 0. The van der Waals surface area contributed by atoms with Crippen LogP contribution in [0.4, 0.5) is 0 Å². The first-order chi connectivity index (χ1) is 45.3. The number of aliphatic hydroxyl groups is 1. The highest BCUT2D eigenvalue weighted by Crippen LogP contribution is 2.45. The lowest BCUT2D eigenvalue weighted by molar-refractivity contribution is -0.161. The summed E-state index contributed by atoms with van der Waals surface area (Å²) in [5, 5.41) is 10.6. The van der Waals surface area contributed by atoms with Crippen molar-refractivity contribution in [2.24, 2.45) is 17.8 Å². The van der Waals surface area contributed by atoms with Gasteiger partial charge >= 0.3 is 39.5 Å². The van der Waals surface area contributed by atoms with Gasteiger partial charge in [-0.15, -0.1) is 0 Å². The normalized spacial score (nSPS) is 14.4. The molecule has 3 unspecified atom stereocenters. The maximum Gasteiger partial charge on any atom is 0.472 e. The van der Waals surface area contributed by atoms with Gasteiger partial charge in [-0.05, 0) is 43.4 Å². The van der Waals surface area contributed by atoms with Crippen LogP contribution < -0.4 is 0 Å². The van der Waals surface area contributed by atoms with Crippen LogP contribution in [0.3, 0.4) is 0 Å². The number of carbonyl (C=O) groups is 4.